The molecule has 4 N–H and O–H groups in total. The van der Waals surface area contributed by atoms with E-state index < -0.39 is 0 Å². The van der Waals surface area contributed by atoms with Gasteiger partial charge in [-0.1, -0.05) is 0 Å². The Morgan fingerprint density at radius 3 is 2.87 bits per heavy atom. The van der Waals surface area contributed by atoms with Gasteiger partial charge in [-0.2, -0.15) is 0 Å². The monoisotopic (exact) mass is 292 g/mol. The molecule has 86 valence electrons. The standard InChI is InChI=1S/C10H17BrN2OS/c11-8-5-10(15-7-8)9(6-12)13-3-1-2-4-14/h5,7,9,13-14H,1-4,6,12H2. The minimum absolute atomic E-state index is 0.236. The summed E-state index contributed by atoms with van der Waals surface area (Å²) in [6, 6.07) is 2.33. The summed E-state index contributed by atoms with van der Waals surface area (Å²) < 4.78 is 1.11. The number of hydrogen-bond acceptors (Lipinski definition) is 4. The number of hydrogen-bond donors (Lipinski definition) is 3. The molecule has 1 aromatic heterocycles. The largest absolute Gasteiger partial charge is 0.396 e. The van der Waals surface area contributed by atoms with E-state index in [9.17, 15) is 0 Å². The molecule has 0 bridgehead atoms. The molecule has 0 aliphatic rings. The van der Waals surface area contributed by atoms with Gasteiger partial charge in [-0.15, -0.1) is 11.3 Å². The minimum Gasteiger partial charge on any atom is -0.396 e. The average Bonchev–Trinajstić information content (AvgIpc) is 2.65. The van der Waals surface area contributed by atoms with Gasteiger partial charge in [0.05, 0.1) is 6.04 Å². The molecule has 1 rings (SSSR count). The van der Waals surface area contributed by atoms with Crippen molar-refractivity contribution in [2.24, 2.45) is 5.73 Å². The van der Waals surface area contributed by atoms with Gasteiger partial charge in [0.2, 0.25) is 0 Å². The van der Waals surface area contributed by atoms with Gasteiger partial charge in [-0.3, -0.25) is 0 Å². The van der Waals surface area contributed by atoms with Crippen LogP contribution < -0.4 is 11.1 Å². The molecule has 1 heterocycles. The van der Waals surface area contributed by atoms with E-state index in [-0.39, 0.29) is 12.6 Å². The quantitative estimate of drug-likeness (QED) is 0.673. The van der Waals surface area contributed by atoms with E-state index in [1.165, 1.54) is 4.88 Å². The van der Waals surface area contributed by atoms with Gasteiger partial charge in [0.15, 0.2) is 0 Å². The molecule has 0 aromatic carbocycles. The van der Waals surface area contributed by atoms with E-state index in [2.05, 4.69) is 32.7 Å². The van der Waals surface area contributed by atoms with Crippen LogP contribution in [0.4, 0.5) is 0 Å². The molecule has 0 fully saturated rings. The van der Waals surface area contributed by atoms with Crippen molar-refractivity contribution in [3.63, 3.8) is 0 Å². The molecule has 5 heteroatoms. The highest BCUT2D eigenvalue weighted by Gasteiger charge is 2.10. The Morgan fingerprint density at radius 1 is 1.53 bits per heavy atom. The van der Waals surface area contributed by atoms with Crippen molar-refractivity contribution in [2.45, 2.75) is 18.9 Å². The lowest BCUT2D eigenvalue weighted by molar-refractivity contribution is 0.282. The zero-order chi connectivity index (χ0) is 11.1. The van der Waals surface area contributed by atoms with Crippen LogP contribution in [-0.2, 0) is 0 Å². The van der Waals surface area contributed by atoms with E-state index >= 15 is 0 Å². The van der Waals surface area contributed by atoms with E-state index in [4.69, 9.17) is 10.8 Å². The lowest BCUT2D eigenvalue weighted by Crippen LogP contribution is -2.28. The third kappa shape index (κ3) is 4.61. The molecule has 0 aliphatic carbocycles. The Kier molecular flexibility index (Phi) is 6.43. The second-order valence-electron chi connectivity index (χ2n) is 3.34. The van der Waals surface area contributed by atoms with Gasteiger partial charge in [-0.05, 0) is 41.4 Å². The second-order valence-corrected chi connectivity index (χ2v) is 5.20. The van der Waals surface area contributed by atoms with Crippen LogP contribution in [0, 0.1) is 0 Å². The van der Waals surface area contributed by atoms with Crippen LogP contribution >= 0.6 is 27.3 Å². The third-order valence-electron chi connectivity index (χ3n) is 2.14. The Morgan fingerprint density at radius 2 is 2.33 bits per heavy atom. The fourth-order valence-electron chi connectivity index (χ4n) is 1.32. The first-order valence-corrected chi connectivity index (χ1v) is 6.73. The number of aliphatic hydroxyl groups is 1. The number of halogens is 1. The highest BCUT2D eigenvalue weighted by atomic mass is 79.9. The summed E-state index contributed by atoms with van der Waals surface area (Å²) in [7, 11) is 0. The van der Waals surface area contributed by atoms with E-state index in [1.54, 1.807) is 11.3 Å². The smallest absolute Gasteiger partial charge is 0.0539 e. The van der Waals surface area contributed by atoms with Gasteiger partial charge in [0.25, 0.3) is 0 Å². The summed E-state index contributed by atoms with van der Waals surface area (Å²) in [5.41, 5.74) is 5.71. The number of aliphatic hydroxyl groups excluding tert-OH is 1. The van der Waals surface area contributed by atoms with Crippen molar-refractivity contribution in [1.82, 2.24) is 5.32 Å². The third-order valence-corrected chi connectivity index (χ3v) is 3.95. The molecule has 0 saturated carbocycles. The highest BCUT2D eigenvalue weighted by molar-refractivity contribution is 9.10. The average molecular weight is 293 g/mol. The Bertz CT molecular complexity index is 280. The normalized spacial score (nSPS) is 13.0. The number of nitrogens with two attached hydrogens (primary N) is 1. The molecular weight excluding hydrogens is 276 g/mol. The maximum atomic E-state index is 8.65. The fraction of sp³-hybridized carbons (Fsp3) is 0.600. The molecule has 0 spiro atoms. The van der Waals surface area contributed by atoms with Gasteiger partial charge in [-0.25, -0.2) is 0 Å². The van der Waals surface area contributed by atoms with Crippen LogP contribution in [0.5, 0.6) is 0 Å². The van der Waals surface area contributed by atoms with Crippen LogP contribution in [-0.4, -0.2) is 24.8 Å². The number of unbranched alkanes of at least 4 members (excludes halogenated alkanes) is 1. The maximum absolute atomic E-state index is 8.65. The summed E-state index contributed by atoms with van der Waals surface area (Å²) in [5, 5.41) is 14.1. The Balaban J connectivity index is 2.35. The van der Waals surface area contributed by atoms with Gasteiger partial charge < -0.3 is 16.2 Å². The van der Waals surface area contributed by atoms with E-state index in [0.29, 0.717) is 6.54 Å². The lowest BCUT2D eigenvalue weighted by Gasteiger charge is -2.14. The molecule has 0 radical (unpaired) electrons. The Labute approximate surface area is 103 Å². The molecule has 15 heavy (non-hydrogen) atoms. The van der Waals surface area contributed by atoms with Crippen LogP contribution in [0.3, 0.4) is 0 Å². The molecule has 1 atom stereocenters. The van der Waals surface area contributed by atoms with Crippen LogP contribution in [0.15, 0.2) is 15.9 Å². The number of rotatable bonds is 7. The molecule has 0 amide bonds. The highest BCUT2D eigenvalue weighted by Crippen LogP contribution is 2.24. The van der Waals surface area contributed by atoms with Crippen molar-refractivity contribution >= 4 is 27.3 Å². The lowest BCUT2D eigenvalue weighted by atomic mass is 10.2. The predicted molar refractivity (Wildman–Crippen MR) is 68.1 cm³/mol. The van der Waals surface area contributed by atoms with Gasteiger partial charge in [0.1, 0.15) is 0 Å². The van der Waals surface area contributed by atoms with Crippen molar-refractivity contribution in [1.29, 1.82) is 0 Å². The van der Waals surface area contributed by atoms with Crippen molar-refractivity contribution in [2.75, 3.05) is 19.7 Å². The number of nitrogens with one attached hydrogen (secondary N) is 1. The summed E-state index contributed by atoms with van der Waals surface area (Å²) in [4.78, 5) is 1.26. The van der Waals surface area contributed by atoms with Crippen molar-refractivity contribution in [3.05, 3.63) is 20.8 Å². The molecule has 3 nitrogen and oxygen atoms in total. The van der Waals surface area contributed by atoms with E-state index in [1.807, 2.05) is 0 Å². The molecule has 1 aromatic rings. The molecule has 1 unspecified atom stereocenters. The molecule has 0 aliphatic heterocycles. The van der Waals surface area contributed by atoms with Gasteiger partial charge >= 0.3 is 0 Å². The minimum atomic E-state index is 0.236. The molecular formula is C10H17BrN2OS. The fourth-order valence-corrected chi connectivity index (χ4v) is 2.86. The predicted octanol–water partition coefficient (Wildman–Crippen LogP) is 1.87. The first-order valence-electron chi connectivity index (χ1n) is 5.06. The summed E-state index contributed by atoms with van der Waals surface area (Å²) in [6.45, 7) is 1.77. The van der Waals surface area contributed by atoms with Crippen LogP contribution in [0.1, 0.15) is 23.8 Å². The first kappa shape index (κ1) is 13.1. The van der Waals surface area contributed by atoms with E-state index in [0.717, 1.165) is 23.9 Å². The SMILES string of the molecule is NCC(NCCCCO)c1cc(Br)cs1. The summed E-state index contributed by atoms with van der Waals surface area (Å²) >= 11 is 5.14. The summed E-state index contributed by atoms with van der Waals surface area (Å²) in [5.74, 6) is 0. The maximum Gasteiger partial charge on any atom is 0.0539 e. The Hall–Kier alpha value is 0.0600. The van der Waals surface area contributed by atoms with Crippen LogP contribution in [0.2, 0.25) is 0 Å². The van der Waals surface area contributed by atoms with Crippen molar-refractivity contribution in [3.8, 4) is 0 Å². The second kappa shape index (κ2) is 7.35. The zero-order valence-electron chi connectivity index (χ0n) is 8.58. The van der Waals surface area contributed by atoms with Crippen molar-refractivity contribution < 1.29 is 5.11 Å². The first-order chi connectivity index (χ1) is 7.27. The topological polar surface area (TPSA) is 58.3 Å². The summed E-state index contributed by atoms with van der Waals surface area (Å²) in [6.07, 6.45) is 1.83. The van der Waals surface area contributed by atoms with Gasteiger partial charge in [0, 0.05) is 27.9 Å². The number of thiophene rings is 1. The van der Waals surface area contributed by atoms with Crippen LogP contribution in [0.25, 0.3) is 0 Å². The molecule has 0 saturated heterocycles. The zero-order valence-corrected chi connectivity index (χ0v) is 11.0.